The van der Waals surface area contributed by atoms with Crippen LogP contribution in [0.15, 0.2) is 0 Å². The summed E-state index contributed by atoms with van der Waals surface area (Å²) >= 11 is 1.62. The largest absolute Gasteiger partial charge is 0.466 e. The summed E-state index contributed by atoms with van der Waals surface area (Å²) < 4.78 is 11.7. The van der Waals surface area contributed by atoms with Crippen LogP contribution in [0, 0.1) is 5.92 Å². The molecule has 0 radical (unpaired) electrons. The van der Waals surface area contributed by atoms with Crippen molar-refractivity contribution in [2.75, 3.05) is 38.2 Å². The maximum atomic E-state index is 13.7. The van der Waals surface area contributed by atoms with Crippen LogP contribution >= 0.6 is 11.8 Å². The summed E-state index contributed by atoms with van der Waals surface area (Å²) in [6.07, 6.45) is 31.3. The molecule has 1 saturated heterocycles. The molecule has 0 saturated carbocycles. The van der Waals surface area contributed by atoms with E-state index in [1.165, 1.54) is 116 Å². The quantitative estimate of drug-likeness (QED) is 0.0393. The minimum Gasteiger partial charge on any atom is -0.466 e. The van der Waals surface area contributed by atoms with Gasteiger partial charge in [-0.15, -0.1) is 0 Å². The molecule has 1 aliphatic rings. The Balaban J connectivity index is 2.54. The van der Waals surface area contributed by atoms with Gasteiger partial charge in [-0.1, -0.05) is 143 Å². The van der Waals surface area contributed by atoms with E-state index >= 15 is 0 Å². The Morgan fingerprint density at radius 3 is 1.63 bits per heavy atom. The summed E-state index contributed by atoms with van der Waals surface area (Å²) in [5, 5.41) is 3.20. The average molecular weight is 739 g/mol. The summed E-state index contributed by atoms with van der Waals surface area (Å²) in [6.45, 7) is 9.13. The Morgan fingerprint density at radius 1 is 0.647 bits per heavy atom. The number of nitrogens with one attached hydrogen (secondary N) is 1. The first kappa shape index (κ1) is 47.7. The first-order valence-corrected chi connectivity index (χ1v) is 23.0. The van der Waals surface area contributed by atoms with E-state index < -0.39 is 5.92 Å². The lowest BCUT2D eigenvalue weighted by Gasteiger charge is -2.30. The number of carbonyl (C=O) groups excluding carboxylic acids is 3. The highest BCUT2D eigenvalue weighted by atomic mass is 32.2. The topological polar surface area (TPSA) is 84.9 Å². The van der Waals surface area contributed by atoms with Crippen molar-refractivity contribution in [2.45, 2.75) is 213 Å². The van der Waals surface area contributed by atoms with Gasteiger partial charge in [0, 0.05) is 11.8 Å². The van der Waals surface area contributed by atoms with Crippen molar-refractivity contribution >= 4 is 29.6 Å². The van der Waals surface area contributed by atoms with Crippen molar-refractivity contribution in [2.24, 2.45) is 5.92 Å². The van der Waals surface area contributed by atoms with Gasteiger partial charge in [-0.2, -0.15) is 11.8 Å². The van der Waals surface area contributed by atoms with Crippen LogP contribution in [0.1, 0.15) is 201 Å². The van der Waals surface area contributed by atoms with Gasteiger partial charge in [-0.3, -0.25) is 14.4 Å². The Hall–Kier alpha value is -1.28. The lowest BCUT2D eigenvalue weighted by Crippen LogP contribution is -2.47. The number of thioether (sulfide) groups is 1. The fraction of sp³-hybridized carbons (Fsp3) is 0.930. The van der Waals surface area contributed by atoms with Gasteiger partial charge in [0.1, 0.15) is 12.0 Å². The van der Waals surface area contributed by atoms with Crippen molar-refractivity contribution in [3.8, 4) is 0 Å². The molecule has 1 aliphatic heterocycles. The van der Waals surface area contributed by atoms with Crippen LogP contribution in [0.4, 0.5) is 0 Å². The molecular weight excluding hydrogens is 657 g/mol. The molecule has 1 N–H and O–H groups in total. The lowest BCUT2D eigenvalue weighted by atomic mass is 10.00. The molecule has 300 valence electrons. The average Bonchev–Trinajstić information content (AvgIpc) is 3.12. The normalized spacial score (nSPS) is 14.5. The first-order chi connectivity index (χ1) is 24.9. The van der Waals surface area contributed by atoms with Gasteiger partial charge < -0.3 is 19.7 Å². The number of likely N-dealkylation sites (tertiary alicyclic amines) is 1. The Bertz CT molecular complexity index is 819. The molecule has 0 aromatic heterocycles. The van der Waals surface area contributed by atoms with E-state index in [1.54, 1.807) is 11.8 Å². The fourth-order valence-corrected chi connectivity index (χ4v) is 7.85. The molecule has 8 heteroatoms. The highest BCUT2D eigenvalue weighted by Gasteiger charge is 2.32. The predicted molar refractivity (Wildman–Crippen MR) is 217 cm³/mol. The number of hydrogen-bond acceptors (Lipinski definition) is 7. The minimum absolute atomic E-state index is 0.101. The van der Waals surface area contributed by atoms with Crippen molar-refractivity contribution in [3.63, 3.8) is 0 Å². The number of carbonyl (C=O) groups is 3. The van der Waals surface area contributed by atoms with Crippen molar-refractivity contribution in [1.82, 2.24) is 10.2 Å². The number of hydrogen-bond donors (Lipinski definition) is 1. The zero-order valence-electron chi connectivity index (χ0n) is 34.0. The third kappa shape index (κ3) is 27.9. The van der Waals surface area contributed by atoms with E-state index in [2.05, 4.69) is 38.0 Å². The van der Waals surface area contributed by atoms with E-state index in [1.807, 2.05) is 0 Å². The number of ether oxygens (including phenoxy) is 2. The van der Waals surface area contributed by atoms with Gasteiger partial charge in [-0.25, -0.2) is 0 Å². The predicted octanol–water partition coefficient (Wildman–Crippen LogP) is 11.2. The van der Waals surface area contributed by atoms with Gasteiger partial charge in [0.25, 0.3) is 0 Å². The Labute approximate surface area is 319 Å². The van der Waals surface area contributed by atoms with Gasteiger partial charge in [0.05, 0.1) is 13.0 Å². The zero-order valence-corrected chi connectivity index (χ0v) is 34.8. The minimum atomic E-state index is -0.808. The van der Waals surface area contributed by atoms with E-state index in [9.17, 15) is 14.4 Å². The molecule has 7 nitrogen and oxygen atoms in total. The van der Waals surface area contributed by atoms with Crippen molar-refractivity contribution in [3.05, 3.63) is 0 Å². The number of nitrogens with zero attached hydrogens (tertiary/aromatic N) is 1. The van der Waals surface area contributed by atoms with Gasteiger partial charge in [0.2, 0.25) is 5.91 Å². The number of piperidine rings is 1. The molecule has 0 aromatic rings. The van der Waals surface area contributed by atoms with Crippen LogP contribution in [0.2, 0.25) is 0 Å². The number of unbranched alkanes of at least 4 members (excludes halogenated alkanes) is 19. The molecule has 1 heterocycles. The Morgan fingerprint density at radius 2 is 1.12 bits per heavy atom. The van der Waals surface area contributed by atoms with Gasteiger partial charge >= 0.3 is 11.9 Å². The molecule has 0 bridgehead atoms. The standard InChI is InChI=1S/C43H82N2O5S/c1-5-8-11-14-17-18-19-20-23-26-35-49-41(46)32-37-51-36-31-40(42(47)44-38-29-33-45(4)34-30-38)43(48)50-39(27-24-21-15-12-9-6-2)28-25-22-16-13-10-7-3/h38-40H,5-37H2,1-4H3,(H,44,47). The van der Waals surface area contributed by atoms with Crippen LogP contribution in [0.3, 0.4) is 0 Å². The second-order valence-electron chi connectivity index (χ2n) is 15.4. The molecule has 0 aromatic carbocycles. The molecule has 0 aliphatic carbocycles. The molecule has 1 unspecified atom stereocenters. The number of rotatable bonds is 35. The van der Waals surface area contributed by atoms with Crippen molar-refractivity contribution in [1.29, 1.82) is 0 Å². The maximum Gasteiger partial charge on any atom is 0.318 e. The number of esters is 2. The smallest absolute Gasteiger partial charge is 0.318 e. The molecular formula is C43H82N2O5S. The van der Waals surface area contributed by atoms with Crippen LogP contribution < -0.4 is 5.32 Å². The summed E-state index contributed by atoms with van der Waals surface area (Å²) in [6, 6.07) is 0.101. The summed E-state index contributed by atoms with van der Waals surface area (Å²) in [5.74, 6) is -0.249. The zero-order chi connectivity index (χ0) is 37.2. The lowest BCUT2D eigenvalue weighted by molar-refractivity contribution is -0.158. The van der Waals surface area contributed by atoms with E-state index in [-0.39, 0.29) is 30.0 Å². The third-order valence-corrected chi connectivity index (χ3v) is 11.5. The van der Waals surface area contributed by atoms with Crippen LogP contribution in [0.5, 0.6) is 0 Å². The maximum absolute atomic E-state index is 13.7. The number of amides is 1. The molecule has 1 atom stereocenters. The molecule has 1 amide bonds. The molecule has 0 spiro atoms. The Kier molecular flexibility index (Phi) is 32.3. The summed E-state index contributed by atoms with van der Waals surface area (Å²) in [5.41, 5.74) is 0. The van der Waals surface area contributed by atoms with Crippen LogP contribution in [0.25, 0.3) is 0 Å². The highest BCUT2D eigenvalue weighted by molar-refractivity contribution is 7.99. The monoisotopic (exact) mass is 739 g/mol. The van der Waals surface area contributed by atoms with Crippen LogP contribution in [-0.4, -0.2) is 73.1 Å². The first-order valence-electron chi connectivity index (χ1n) is 21.8. The molecule has 51 heavy (non-hydrogen) atoms. The fourth-order valence-electron chi connectivity index (χ4n) is 6.93. The third-order valence-electron chi connectivity index (χ3n) is 10.5. The van der Waals surface area contributed by atoms with Crippen molar-refractivity contribution < 1.29 is 23.9 Å². The second-order valence-corrected chi connectivity index (χ2v) is 16.6. The van der Waals surface area contributed by atoms with Crippen LogP contribution in [-0.2, 0) is 23.9 Å². The van der Waals surface area contributed by atoms with E-state index in [0.29, 0.717) is 31.0 Å². The summed E-state index contributed by atoms with van der Waals surface area (Å²) in [4.78, 5) is 41.9. The molecule has 1 rings (SSSR count). The van der Waals surface area contributed by atoms with Gasteiger partial charge in [-0.05, 0) is 77.3 Å². The van der Waals surface area contributed by atoms with E-state index in [0.717, 1.165) is 64.5 Å². The second kappa shape index (κ2) is 34.5. The summed E-state index contributed by atoms with van der Waals surface area (Å²) in [7, 11) is 2.11. The highest BCUT2D eigenvalue weighted by Crippen LogP contribution is 2.21. The molecule has 1 fully saturated rings. The van der Waals surface area contributed by atoms with Gasteiger partial charge in [0.15, 0.2) is 0 Å². The SMILES string of the molecule is CCCCCCCCCCCCOC(=O)CCSCCC(C(=O)NC1CCN(C)CC1)C(=O)OC(CCCCCCCC)CCCCCCCC. The van der Waals surface area contributed by atoms with E-state index in [4.69, 9.17) is 9.47 Å².